The van der Waals surface area contributed by atoms with Crippen molar-refractivity contribution in [2.75, 3.05) is 18.8 Å². The van der Waals surface area contributed by atoms with Crippen molar-refractivity contribution in [1.82, 2.24) is 10.6 Å². The van der Waals surface area contributed by atoms with Crippen molar-refractivity contribution in [3.05, 3.63) is 35.4 Å². The van der Waals surface area contributed by atoms with E-state index in [0.717, 1.165) is 24.0 Å². The second-order valence-electron chi connectivity index (χ2n) is 3.90. The molecule has 8 heteroatoms. The number of rotatable bonds is 3. The summed E-state index contributed by atoms with van der Waals surface area (Å²) in [5.74, 6) is -2.40. The number of nitrogens with one attached hydrogen (secondary N) is 2. The van der Waals surface area contributed by atoms with Crippen LogP contribution in [0.15, 0.2) is 23.2 Å². The number of hydrogen-bond donors (Lipinski definition) is 2. The average Bonchev–Trinajstić information content (AvgIpc) is 2.92. The number of halogens is 2. The van der Waals surface area contributed by atoms with Gasteiger partial charge in [-0.3, -0.25) is 14.6 Å². The normalized spacial score (nSPS) is 13.8. The van der Waals surface area contributed by atoms with Gasteiger partial charge in [0, 0.05) is 11.3 Å². The Morgan fingerprint density at radius 1 is 1.30 bits per heavy atom. The number of amidine groups is 1. The van der Waals surface area contributed by atoms with Gasteiger partial charge in [-0.05, 0) is 18.2 Å². The highest BCUT2D eigenvalue weighted by atomic mass is 32.2. The number of carbonyl (C=O) groups is 2. The third-order valence-corrected chi connectivity index (χ3v) is 3.31. The van der Waals surface area contributed by atoms with Crippen molar-refractivity contribution < 1.29 is 18.4 Å². The second kappa shape index (κ2) is 6.47. The lowest BCUT2D eigenvalue weighted by molar-refractivity contribution is -0.118. The first kappa shape index (κ1) is 14.4. The van der Waals surface area contributed by atoms with Crippen LogP contribution in [0.2, 0.25) is 0 Å². The Hall–Kier alpha value is -1.96. The largest absolute Gasteiger partial charge is 0.343 e. The number of thioether (sulfide) groups is 1. The zero-order chi connectivity index (χ0) is 14.5. The number of amides is 2. The summed E-state index contributed by atoms with van der Waals surface area (Å²) < 4.78 is 25.7. The maximum absolute atomic E-state index is 13.0. The van der Waals surface area contributed by atoms with Crippen LogP contribution in [0.5, 0.6) is 0 Å². The van der Waals surface area contributed by atoms with Crippen LogP contribution in [0.25, 0.3) is 0 Å². The lowest BCUT2D eigenvalue weighted by Crippen LogP contribution is -2.38. The number of nitrogens with zero attached hydrogens (tertiary/aromatic N) is 1. The number of carbonyl (C=O) groups excluding carboxylic acids is 2. The van der Waals surface area contributed by atoms with E-state index in [2.05, 4.69) is 15.6 Å². The predicted molar refractivity (Wildman–Crippen MR) is 71.6 cm³/mol. The van der Waals surface area contributed by atoms with Gasteiger partial charge in [0.1, 0.15) is 0 Å². The fraction of sp³-hybridized carbons (Fsp3) is 0.250. The molecule has 0 bridgehead atoms. The van der Waals surface area contributed by atoms with Crippen LogP contribution in [0.4, 0.5) is 8.78 Å². The Bertz CT molecular complexity index is 578. The topological polar surface area (TPSA) is 70.6 Å². The average molecular weight is 299 g/mol. The molecule has 20 heavy (non-hydrogen) atoms. The molecular formula is C12H11F2N3O2S. The minimum atomic E-state index is -1.11. The minimum absolute atomic E-state index is 0.0516. The van der Waals surface area contributed by atoms with E-state index in [-0.39, 0.29) is 12.1 Å². The Labute approximate surface area is 117 Å². The number of benzene rings is 1. The van der Waals surface area contributed by atoms with Gasteiger partial charge < -0.3 is 10.6 Å². The molecule has 0 aromatic heterocycles. The SMILES string of the molecule is O=C(CNC(=O)c1ccc(F)c(F)c1)NC1=NCCS1. The molecule has 2 N–H and O–H groups in total. The first-order valence-corrected chi connectivity index (χ1v) is 6.75. The smallest absolute Gasteiger partial charge is 0.251 e. The molecule has 0 atom stereocenters. The van der Waals surface area contributed by atoms with Gasteiger partial charge in [-0.15, -0.1) is 0 Å². The Balaban J connectivity index is 1.85. The molecule has 2 amide bonds. The summed E-state index contributed by atoms with van der Waals surface area (Å²) in [4.78, 5) is 27.2. The molecule has 1 heterocycles. The minimum Gasteiger partial charge on any atom is -0.343 e. The molecule has 0 unspecified atom stereocenters. The maximum Gasteiger partial charge on any atom is 0.251 e. The van der Waals surface area contributed by atoms with Crippen LogP contribution >= 0.6 is 11.8 Å². The van der Waals surface area contributed by atoms with Gasteiger partial charge in [0.2, 0.25) is 5.91 Å². The summed E-state index contributed by atoms with van der Waals surface area (Å²) >= 11 is 1.42. The van der Waals surface area contributed by atoms with Crippen molar-refractivity contribution in [3.63, 3.8) is 0 Å². The van der Waals surface area contributed by atoms with E-state index in [1.807, 2.05) is 0 Å². The molecule has 0 radical (unpaired) electrons. The summed E-state index contributed by atoms with van der Waals surface area (Å²) in [7, 11) is 0. The molecule has 0 saturated heterocycles. The highest BCUT2D eigenvalue weighted by molar-refractivity contribution is 8.14. The van der Waals surface area contributed by atoms with E-state index in [1.54, 1.807) is 0 Å². The standard InChI is InChI=1S/C12H11F2N3O2S/c13-8-2-1-7(5-9(8)14)11(19)16-6-10(18)17-12-15-3-4-20-12/h1-2,5H,3-4,6H2,(H,16,19)(H,15,17,18). The van der Waals surface area contributed by atoms with E-state index >= 15 is 0 Å². The lowest BCUT2D eigenvalue weighted by Gasteiger charge is -2.06. The summed E-state index contributed by atoms with van der Waals surface area (Å²) in [6.45, 7) is 0.388. The van der Waals surface area contributed by atoms with E-state index in [0.29, 0.717) is 11.7 Å². The third-order valence-electron chi connectivity index (χ3n) is 2.42. The van der Waals surface area contributed by atoms with Gasteiger partial charge in [0.15, 0.2) is 16.8 Å². The van der Waals surface area contributed by atoms with Crippen LogP contribution in [-0.2, 0) is 4.79 Å². The monoisotopic (exact) mass is 299 g/mol. The maximum atomic E-state index is 13.0. The highest BCUT2D eigenvalue weighted by Crippen LogP contribution is 2.09. The molecule has 1 aliphatic heterocycles. The Morgan fingerprint density at radius 3 is 2.75 bits per heavy atom. The summed E-state index contributed by atoms with van der Waals surface area (Å²) in [5.41, 5.74) is -0.0516. The quantitative estimate of drug-likeness (QED) is 0.871. The highest BCUT2D eigenvalue weighted by Gasteiger charge is 2.13. The zero-order valence-corrected chi connectivity index (χ0v) is 11.1. The third kappa shape index (κ3) is 3.77. The van der Waals surface area contributed by atoms with Gasteiger partial charge in [-0.25, -0.2) is 8.78 Å². The van der Waals surface area contributed by atoms with Crippen LogP contribution in [-0.4, -0.2) is 35.8 Å². The lowest BCUT2D eigenvalue weighted by atomic mass is 10.2. The van der Waals surface area contributed by atoms with Crippen LogP contribution in [0.1, 0.15) is 10.4 Å². The first-order valence-electron chi connectivity index (χ1n) is 5.76. The van der Waals surface area contributed by atoms with Gasteiger partial charge in [0.25, 0.3) is 5.91 Å². The molecule has 0 saturated carbocycles. The summed E-state index contributed by atoms with van der Waals surface area (Å²) in [6, 6.07) is 2.77. The molecule has 1 aromatic rings. The Kier molecular flexibility index (Phi) is 4.67. The van der Waals surface area contributed by atoms with Gasteiger partial charge in [-0.2, -0.15) is 0 Å². The number of hydrogen-bond acceptors (Lipinski definition) is 4. The van der Waals surface area contributed by atoms with E-state index in [1.165, 1.54) is 11.8 Å². The summed E-state index contributed by atoms with van der Waals surface area (Å²) in [5, 5.41) is 5.37. The first-order chi connectivity index (χ1) is 9.56. The molecule has 0 spiro atoms. The van der Waals surface area contributed by atoms with Crippen molar-refractivity contribution in [2.45, 2.75) is 0 Å². The van der Waals surface area contributed by atoms with Gasteiger partial charge in [-0.1, -0.05) is 11.8 Å². The molecular weight excluding hydrogens is 288 g/mol. The molecule has 106 valence electrons. The number of aliphatic imine (C=N–C) groups is 1. The van der Waals surface area contributed by atoms with Crippen LogP contribution < -0.4 is 10.6 Å². The van der Waals surface area contributed by atoms with Crippen molar-refractivity contribution in [3.8, 4) is 0 Å². The fourth-order valence-electron chi connectivity index (χ4n) is 1.47. The van der Waals surface area contributed by atoms with Crippen LogP contribution in [0, 0.1) is 11.6 Å². The zero-order valence-electron chi connectivity index (χ0n) is 10.3. The van der Waals surface area contributed by atoms with E-state index in [4.69, 9.17) is 0 Å². The van der Waals surface area contributed by atoms with Gasteiger partial charge >= 0.3 is 0 Å². The molecule has 1 aliphatic rings. The van der Waals surface area contributed by atoms with E-state index < -0.39 is 23.4 Å². The van der Waals surface area contributed by atoms with Crippen molar-refractivity contribution in [2.24, 2.45) is 4.99 Å². The Morgan fingerprint density at radius 2 is 2.10 bits per heavy atom. The molecule has 5 nitrogen and oxygen atoms in total. The fourth-order valence-corrected chi connectivity index (χ4v) is 2.22. The van der Waals surface area contributed by atoms with Gasteiger partial charge in [0.05, 0.1) is 13.1 Å². The summed E-state index contributed by atoms with van der Waals surface area (Å²) in [6.07, 6.45) is 0. The van der Waals surface area contributed by atoms with Crippen molar-refractivity contribution >= 4 is 28.7 Å². The molecule has 0 aliphatic carbocycles. The second-order valence-corrected chi connectivity index (χ2v) is 4.98. The molecule has 1 aromatic carbocycles. The van der Waals surface area contributed by atoms with E-state index in [9.17, 15) is 18.4 Å². The predicted octanol–water partition coefficient (Wildman–Crippen LogP) is 0.914. The van der Waals surface area contributed by atoms with Crippen LogP contribution in [0.3, 0.4) is 0 Å². The molecule has 0 fully saturated rings. The molecule has 2 rings (SSSR count). The van der Waals surface area contributed by atoms with Crippen molar-refractivity contribution in [1.29, 1.82) is 0 Å².